The molecule has 6 N–H and O–H groups in total. The molecule has 0 saturated carbocycles. The molecule has 0 fully saturated rings. The van der Waals surface area contributed by atoms with Gasteiger partial charge in [-0.25, -0.2) is 4.98 Å². The van der Waals surface area contributed by atoms with Gasteiger partial charge in [0.05, 0.1) is 11.9 Å². The van der Waals surface area contributed by atoms with Crippen LogP contribution in [0.1, 0.15) is 0 Å². The van der Waals surface area contributed by atoms with E-state index < -0.39 is 20.7 Å². The molecule has 0 bridgehead atoms. The van der Waals surface area contributed by atoms with Crippen molar-refractivity contribution >= 4 is 20.9 Å². The Labute approximate surface area is 95.5 Å². The van der Waals surface area contributed by atoms with E-state index in [1.807, 2.05) is 5.32 Å². The largest absolute Gasteiger partial charge is 0.493 e. The number of aromatic hydroxyl groups is 1. The number of hydrogen-bond donors (Lipinski definition) is 6. The van der Waals surface area contributed by atoms with Gasteiger partial charge in [0.15, 0.2) is 0 Å². The fourth-order valence-electron chi connectivity index (χ4n) is 0.985. The molecule has 0 radical (unpaired) electrons. The highest BCUT2D eigenvalue weighted by molar-refractivity contribution is 7.71. The van der Waals surface area contributed by atoms with Crippen LogP contribution in [0.15, 0.2) is 18.3 Å². The van der Waals surface area contributed by atoms with E-state index in [0.29, 0.717) is 0 Å². The maximum atomic E-state index is 10.9. The smallest absolute Gasteiger partial charge is 0.360 e. The van der Waals surface area contributed by atoms with E-state index in [9.17, 15) is 9.13 Å². The molecule has 9 nitrogen and oxygen atoms in total. The number of hydrogen-bond acceptors (Lipinski definition) is 5. The molecule has 0 amide bonds. The zero-order valence-electron chi connectivity index (χ0n) is 8.20. The summed E-state index contributed by atoms with van der Waals surface area (Å²) in [5.41, 5.74) is -2.39. The maximum Gasteiger partial charge on any atom is 0.360 e. The molecule has 1 heterocycles. The molecule has 11 heteroatoms. The monoisotopic (exact) mass is 284 g/mol. The Bertz CT molecular complexity index is 456. The van der Waals surface area contributed by atoms with Crippen molar-refractivity contribution in [2.24, 2.45) is 0 Å². The van der Waals surface area contributed by atoms with Gasteiger partial charge in [-0.2, -0.15) is 0 Å². The first kappa shape index (κ1) is 14.1. The van der Waals surface area contributed by atoms with E-state index >= 15 is 0 Å². The molecule has 0 aromatic carbocycles. The summed E-state index contributed by atoms with van der Waals surface area (Å²) in [4.78, 5) is 38.6. The SMILES string of the molecule is O=P(O)(O)C(Nc1ccc(O)nc1)P(=O)(O)O. The third kappa shape index (κ3) is 4.08. The summed E-state index contributed by atoms with van der Waals surface area (Å²) in [6.45, 7) is 0. The first-order chi connectivity index (χ1) is 7.60. The average molecular weight is 284 g/mol. The molecule has 0 spiro atoms. The normalized spacial score (nSPS) is 12.8. The number of aromatic nitrogens is 1. The third-order valence-corrected chi connectivity index (χ3v) is 5.02. The predicted octanol–water partition coefficient (Wildman–Crippen LogP) is -0.162. The topological polar surface area (TPSA) is 160 Å². The summed E-state index contributed by atoms with van der Waals surface area (Å²) in [5, 5.41) is 10.9. The number of nitrogens with zero attached hydrogens (tertiary/aromatic N) is 1. The van der Waals surface area contributed by atoms with E-state index in [4.69, 9.17) is 24.7 Å². The van der Waals surface area contributed by atoms with Gasteiger partial charge in [-0.05, 0) is 6.07 Å². The summed E-state index contributed by atoms with van der Waals surface area (Å²) >= 11 is 0. The third-order valence-electron chi connectivity index (χ3n) is 1.68. The molecule has 0 aliphatic heterocycles. The number of rotatable bonds is 4. The zero-order valence-corrected chi connectivity index (χ0v) is 9.99. The van der Waals surface area contributed by atoms with Crippen LogP contribution in [0, 0.1) is 0 Å². The molecule has 0 atom stereocenters. The lowest BCUT2D eigenvalue weighted by molar-refractivity contribution is 0.343. The number of anilines is 1. The van der Waals surface area contributed by atoms with Crippen LogP contribution in [-0.2, 0) is 9.13 Å². The summed E-state index contributed by atoms with van der Waals surface area (Å²) in [6.07, 6.45) is 0.980. The summed E-state index contributed by atoms with van der Waals surface area (Å²) < 4.78 is 21.8. The summed E-state index contributed by atoms with van der Waals surface area (Å²) in [7, 11) is -10.1. The van der Waals surface area contributed by atoms with Crippen LogP contribution < -0.4 is 5.32 Å². The minimum absolute atomic E-state index is 0.0422. The van der Waals surface area contributed by atoms with E-state index in [1.54, 1.807) is 0 Å². The van der Waals surface area contributed by atoms with Crippen molar-refractivity contribution < 1.29 is 33.8 Å². The molecule has 0 saturated heterocycles. The van der Waals surface area contributed by atoms with Crippen molar-refractivity contribution in [1.29, 1.82) is 0 Å². The minimum atomic E-state index is -5.04. The second-order valence-electron chi connectivity index (χ2n) is 3.10. The average Bonchev–Trinajstić information content (AvgIpc) is 2.13. The Balaban J connectivity index is 3.00. The van der Waals surface area contributed by atoms with Crippen molar-refractivity contribution in [3.05, 3.63) is 18.3 Å². The van der Waals surface area contributed by atoms with Gasteiger partial charge in [0.1, 0.15) is 0 Å². The second kappa shape index (κ2) is 4.73. The Morgan fingerprint density at radius 1 is 1.12 bits per heavy atom. The summed E-state index contributed by atoms with van der Waals surface area (Å²) in [6, 6.07) is 2.26. The van der Waals surface area contributed by atoms with Gasteiger partial charge in [-0.15, -0.1) is 0 Å². The highest BCUT2D eigenvalue weighted by Gasteiger charge is 2.43. The molecule has 1 rings (SSSR count). The number of nitrogens with one attached hydrogen (secondary N) is 1. The van der Waals surface area contributed by atoms with Crippen LogP contribution in [0.25, 0.3) is 0 Å². The zero-order chi connectivity index (χ0) is 13.3. The van der Waals surface area contributed by atoms with Gasteiger partial charge in [-0.1, -0.05) is 0 Å². The van der Waals surface area contributed by atoms with Crippen molar-refractivity contribution in [3.63, 3.8) is 0 Å². The van der Waals surface area contributed by atoms with E-state index in [2.05, 4.69) is 4.98 Å². The lowest BCUT2D eigenvalue weighted by atomic mass is 10.4. The Hall–Kier alpha value is -0.950. The van der Waals surface area contributed by atoms with Crippen LogP contribution in [0.4, 0.5) is 5.69 Å². The van der Waals surface area contributed by atoms with Gasteiger partial charge >= 0.3 is 15.2 Å². The van der Waals surface area contributed by atoms with Crippen molar-refractivity contribution in [2.75, 3.05) is 5.32 Å². The van der Waals surface area contributed by atoms with Crippen LogP contribution in [-0.4, -0.2) is 35.2 Å². The highest BCUT2D eigenvalue weighted by Crippen LogP contribution is 2.59. The van der Waals surface area contributed by atoms with Crippen LogP contribution >= 0.6 is 15.2 Å². The van der Waals surface area contributed by atoms with E-state index in [0.717, 1.165) is 12.3 Å². The van der Waals surface area contributed by atoms with Gasteiger partial charge in [0.2, 0.25) is 11.4 Å². The van der Waals surface area contributed by atoms with Gasteiger partial charge in [-0.3, -0.25) is 9.13 Å². The van der Waals surface area contributed by atoms with Crippen LogP contribution in [0.2, 0.25) is 0 Å². The van der Waals surface area contributed by atoms with Gasteiger partial charge in [0, 0.05) is 6.07 Å². The van der Waals surface area contributed by atoms with Crippen molar-refractivity contribution in [2.45, 2.75) is 5.52 Å². The molecule has 96 valence electrons. The predicted molar refractivity (Wildman–Crippen MR) is 57.4 cm³/mol. The minimum Gasteiger partial charge on any atom is -0.493 e. The Kier molecular flexibility index (Phi) is 3.93. The first-order valence-electron chi connectivity index (χ1n) is 4.12. The standard InChI is InChI=1S/C6H10N2O7P2/c9-5-2-1-4(3-7-5)8-6(16(10,11)12)17(13,14)15/h1-3,6,8H,(H,7,9)(H2,10,11,12)(H2,13,14,15). The molecule has 0 unspecified atom stereocenters. The molecular formula is C6H10N2O7P2. The quantitative estimate of drug-likeness (QED) is 0.412. The number of pyridine rings is 1. The second-order valence-corrected chi connectivity index (χ2v) is 6.90. The Morgan fingerprint density at radius 2 is 1.65 bits per heavy atom. The fourth-order valence-corrected chi connectivity index (χ4v) is 3.19. The fraction of sp³-hybridized carbons (Fsp3) is 0.167. The van der Waals surface area contributed by atoms with E-state index in [1.165, 1.54) is 6.07 Å². The molecule has 0 aliphatic carbocycles. The molecular weight excluding hydrogens is 274 g/mol. The van der Waals surface area contributed by atoms with Gasteiger partial charge < -0.3 is 30.0 Å². The van der Waals surface area contributed by atoms with Crippen LogP contribution in [0.3, 0.4) is 0 Å². The first-order valence-corrected chi connectivity index (χ1v) is 7.49. The Morgan fingerprint density at radius 3 is 2.00 bits per heavy atom. The molecule has 1 aromatic heterocycles. The molecule has 1 aromatic rings. The lowest BCUT2D eigenvalue weighted by Gasteiger charge is -2.21. The van der Waals surface area contributed by atoms with Crippen LogP contribution in [0.5, 0.6) is 5.88 Å². The van der Waals surface area contributed by atoms with Gasteiger partial charge in [0.25, 0.3) is 0 Å². The van der Waals surface area contributed by atoms with E-state index in [-0.39, 0.29) is 11.6 Å². The lowest BCUT2D eigenvalue weighted by Crippen LogP contribution is -2.19. The van der Waals surface area contributed by atoms with Crippen molar-refractivity contribution in [3.8, 4) is 5.88 Å². The maximum absolute atomic E-state index is 10.9. The molecule has 17 heavy (non-hydrogen) atoms. The molecule has 0 aliphatic rings. The summed E-state index contributed by atoms with van der Waals surface area (Å²) in [5.74, 6) is -0.334. The highest BCUT2D eigenvalue weighted by atomic mass is 31.2. The van der Waals surface area contributed by atoms with Crippen molar-refractivity contribution in [1.82, 2.24) is 4.98 Å².